The SMILES string of the molecule is CCNC(=O)CNC(=O)COC(=O)c1ccc(C)c(OC)c1. The third kappa shape index (κ3) is 5.43. The summed E-state index contributed by atoms with van der Waals surface area (Å²) >= 11 is 0. The van der Waals surface area contributed by atoms with E-state index in [1.807, 2.05) is 6.92 Å². The molecule has 0 bridgehead atoms. The quantitative estimate of drug-likeness (QED) is 0.712. The van der Waals surface area contributed by atoms with E-state index in [1.165, 1.54) is 7.11 Å². The van der Waals surface area contributed by atoms with Crippen LogP contribution in [0.25, 0.3) is 0 Å². The zero-order valence-electron chi connectivity index (χ0n) is 12.9. The van der Waals surface area contributed by atoms with E-state index in [-0.39, 0.29) is 12.5 Å². The van der Waals surface area contributed by atoms with Gasteiger partial charge in [-0.15, -0.1) is 0 Å². The zero-order valence-corrected chi connectivity index (χ0v) is 12.9. The molecule has 0 aromatic heterocycles. The van der Waals surface area contributed by atoms with Gasteiger partial charge in [0.15, 0.2) is 6.61 Å². The van der Waals surface area contributed by atoms with E-state index < -0.39 is 18.5 Å². The molecule has 0 heterocycles. The maximum absolute atomic E-state index is 11.8. The topological polar surface area (TPSA) is 93.7 Å². The van der Waals surface area contributed by atoms with Crippen molar-refractivity contribution in [3.63, 3.8) is 0 Å². The predicted octanol–water partition coefficient (Wildman–Crippen LogP) is 0.413. The molecule has 2 N–H and O–H groups in total. The average Bonchev–Trinajstić information content (AvgIpc) is 2.51. The number of nitrogens with one attached hydrogen (secondary N) is 2. The third-order valence-electron chi connectivity index (χ3n) is 2.80. The second-order valence-corrected chi connectivity index (χ2v) is 4.49. The Kier molecular flexibility index (Phi) is 6.88. The van der Waals surface area contributed by atoms with Gasteiger partial charge in [0.1, 0.15) is 5.75 Å². The summed E-state index contributed by atoms with van der Waals surface area (Å²) < 4.78 is 10.0. The van der Waals surface area contributed by atoms with Gasteiger partial charge in [-0.3, -0.25) is 9.59 Å². The zero-order chi connectivity index (χ0) is 16.5. The second kappa shape index (κ2) is 8.66. The minimum absolute atomic E-state index is 0.150. The fourth-order valence-electron chi connectivity index (χ4n) is 1.65. The van der Waals surface area contributed by atoms with Crippen molar-refractivity contribution >= 4 is 17.8 Å². The van der Waals surface area contributed by atoms with Gasteiger partial charge in [0.25, 0.3) is 5.91 Å². The van der Waals surface area contributed by atoms with Crippen molar-refractivity contribution in [2.24, 2.45) is 0 Å². The van der Waals surface area contributed by atoms with Crippen molar-refractivity contribution < 1.29 is 23.9 Å². The summed E-state index contributed by atoms with van der Waals surface area (Å²) in [5.41, 5.74) is 1.18. The van der Waals surface area contributed by atoms with Gasteiger partial charge in [0, 0.05) is 6.54 Å². The number of hydrogen-bond donors (Lipinski definition) is 2. The largest absolute Gasteiger partial charge is 0.496 e. The molecule has 0 unspecified atom stereocenters. The van der Waals surface area contributed by atoms with Crippen LogP contribution >= 0.6 is 0 Å². The number of carbonyl (C=O) groups excluding carboxylic acids is 3. The number of carbonyl (C=O) groups is 3. The summed E-state index contributed by atoms with van der Waals surface area (Å²) in [7, 11) is 1.51. The Morgan fingerprint density at radius 2 is 1.86 bits per heavy atom. The first-order valence-electron chi connectivity index (χ1n) is 6.83. The van der Waals surface area contributed by atoms with Gasteiger partial charge < -0.3 is 20.1 Å². The van der Waals surface area contributed by atoms with Crippen LogP contribution in [0.3, 0.4) is 0 Å². The van der Waals surface area contributed by atoms with Crippen LogP contribution in [0, 0.1) is 6.92 Å². The van der Waals surface area contributed by atoms with Crippen molar-refractivity contribution in [2.75, 3.05) is 26.8 Å². The molecule has 0 aliphatic rings. The normalized spacial score (nSPS) is 9.77. The van der Waals surface area contributed by atoms with E-state index in [1.54, 1.807) is 25.1 Å². The lowest BCUT2D eigenvalue weighted by atomic mass is 10.1. The van der Waals surface area contributed by atoms with Crippen LogP contribution in [-0.2, 0) is 14.3 Å². The molecule has 2 amide bonds. The Bertz CT molecular complexity index is 557. The fraction of sp³-hybridized carbons (Fsp3) is 0.400. The molecule has 7 heteroatoms. The van der Waals surface area contributed by atoms with E-state index in [2.05, 4.69) is 10.6 Å². The summed E-state index contributed by atoms with van der Waals surface area (Å²) in [6, 6.07) is 4.86. The van der Waals surface area contributed by atoms with Gasteiger partial charge in [0.2, 0.25) is 5.91 Å². The number of amides is 2. The van der Waals surface area contributed by atoms with Gasteiger partial charge in [0.05, 0.1) is 19.2 Å². The molecule has 0 radical (unpaired) electrons. The molecule has 0 atom stereocenters. The number of ether oxygens (including phenoxy) is 2. The number of esters is 1. The molecule has 0 fully saturated rings. The number of likely N-dealkylation sites (N-methyl/N-ethyl adjacent to an activating group) is 1. The van der Waals surface area contributed by atoms with Crippen LogP contribution in [0.5, 0.6) is 5.75 Å². The molecule has 0 saturated carbocycles. The maximum Gasteiger partial charge on any atom is 0.338 e. The highest BCUT2D eigenvalue weighted by Crippen LogP contribution is 2.19. The van der Waals surface area contributed by atoms with Gasteiger partial charge in [-0.2, -0.15) is 0 Å². The summed E-state index contributed by atoms with van der Waals surface area (Å²) in [5, 5.41) is 4.89. The molecule has 7 nitrogen and oxygen atoms in total. The number of rotatable bonds is 7. The Hall–Kier alpha value is -2.57. The molecule has 1 aromatic carbocycles. The van der Waals surface area contributed by atoms with Gasteiger partial charge in [-0.1, -0.05) is 6.07 Å². The molecule has 120 valence electrons. The van der Waals surface area contributed by atoms with Crippen molar-refractivity contribution in [1.29, 1.82) is 0 Å². The van der Waals surface area contributed by atoms with E-state index >= 15 is 0 Å². The molecule has 0 spiro atoms. The lowest BCUT2D eigenvalue weighted by Gasteiger charge is -2.08. The molecule has 0 aliphatic heterocycles. The monoisotopic (exact) mass is 308 g/mol. The standard InChI is InChI=1S/C15H20N2O5/c1-4-16-13(18)8-17-14(19)9-22-15(20)11-6-5-10(2)12(7-11)21-3/h5-7H,4,8-9H2,1-3H3,(H,16,18)(H,17,19). The Labute approximate surface area is 129 Å². The maximum atomic E-state index is 11.8. The van der Waals surface area contributed by atoms with Crippen LogP contribution in [0.4, 0.5) is 0 Å². The van der Waals surface area contributed by atoms with E-state index in [4.69, 9.17) is 9.47 Å². The van der Waals surface area contributed by atoms with Crippen LogP contribution in [0.1, 0.15) is 22.8 Å². The van der Waals surface area contributed by atoms with E-state index in [0.717, 1.165) is 5.56 Å². The minimum Gasteiger partial charge on any atom is -0.496 e. The van der Waals surface area contributed by atoms with Crippen LogP contribution in [0.2, 0.25) is 0 Å². The van der Waals surface area contributed by atoms with E-state index in [0.29, 0.717) is 17.9 Å². The first kappa shape index (κ1) is 17.5. The fourth-order valence-corrected chi connectivity index (χ4v) is 1.65. The molecule has 22 heavy (non-hydrogen) atoms. The Morgan fingerprint density at radius 1 is 1.14 bits per heavy atom. The first-order valence-corrected chi connectivity index (χ1v) is 6.83. The second-order valence-electron chi connectivity index (χ2n) is 4.49. The summed E-state index contributed by atoms with van der Waals surface area (Å²) in [5.74, 6) is -0.911. The van der Waals surface area contributed by atoms with E-state index in [9.17, 15) is 14.4 Å². The van der Waals surface area contributed by atoms with Gasteiger partial charge >= 0.3 is 5.97 Å². The summed E-state index contributed by atoms with van der Waals surface area (Å²) in [6.45, 7) is 3.51. The van der Waals surface area contributed by atoms with Crippen LogP contribution in [-0.4, -0.2) is 44.6 Å². The lowest BCUT2D eigenvalue weighted by Crippen LogP contribution is -2.38. The molecule has 0 saturated heterocycles. The lowest BCUT2D eigenvalue weighted by molar-refractivity contribution is -0.127. The highest BCUT2D eigenvalue weighted by atomic mass is 16.5. The first-order chi connectivity index (χ1) is 10.5. The van der Waals surface area contributed by atoms with Crippen molar-refractivity contribution in [2.45, 2.75) is 13.8 Å². The van der Waals surface area contributed by atoms with Gasteiger partial charge in [-0.05, 0) is 31.5 Å². The third-order valence-corrected chi connectivity index (χ3v) is 2.80. The van der Waals surface area contributed by atoms with Crippen molar-refractivity contribution in [3.05, 3.63) is 29.3 Å². The molecule has 0 aliphatic carbocycles. The number of aryl methyl sites for hydroxylation is 1. The highest BCUT2D eigenvalue weighted by molar-refractivity contribution is 5.92. The van der Waals surface area contributed by atoms with Crippen LogP contribution in [0.15, 0.2) is 18.2 Å². The number of hydrogen-bond acceptors (Lipinski definition) is 5. The summed E-state index contributed by atoms with van der Waals surface area (Å²) in [4.78, 5) is 34.5. The molecule has 1 rings (SSSR count). The minimum atomic E-state index is -0.633. The average molecular weight is 308 g/mol. The van der Waals surface area contributed by atoms with Gasteiger partial charge in [-0.25, -0.2) is 4.79 Å². The number of methoxy groups -OCH3 is 1. The molecular weight excluding hydrogens is 288 g/mol. The Morgan fingerprint density at radius 3 is 2.50 bits per heavy atom. The van der Waals surface area contributed by atoms with Crippen LogP contribution < -0.4 is 15.4 Å². The smallest absolute Gasteiger partial charge is 0.338 e. The highest BCUT2D eigenvalue weighted by Gasteiger charge is 2.12. The van der Waals surface area contributed by atoms with Crippen molar-refractivity contribution in [3.8, 4) is 5.75 Å². The van der Waals surface area contributed by atoms with Crippen molar-refractivity contribution in [1.82, 2.24) is 10.6 Å². The molecule has 1 aromatic rings. The predicted molar refractivity (Wildman–Crippen MR) is 79.7 cm³/mol. The molecular formula is C15H20N2O5. The number of benzene rings is 1. The Balaban J connectivity index is 2.45. The summed E-state index contributed by atoms with van der Waals surface area (Å²) in [6.07, 6.45) is 0.